The van der Waals surface area contributed by atoms with Gasteiger partial charge in [-0.2, -0.15) is 0 Å². The van der Waals surface area contributed by atoms with E-state index in [1.807, 2.05) is 18.2 Å². The Morgan fingerprint density at radius 3 is 2.67 bits per heavy atom. The summed E-state index contributed by atoms with van der Waals surface area (Å²) in [6.45, 7) is 5.19. The van der Waals surface area contributed by atoms with Crippen LogP contribution < -0.4 is 0 Å². The minimum atomic E-state index is -0.967. The van der Waals surface area contributed by atoms with Gasteiger partial charge in [0.2, 0.25) is 0 Å². The van der Waals surface area contributed by atoms with E-state index in [2.05, 4.69) is 6.58 Å². The molecule has 0 spiro atoms. The second-order valence-corrected chi connectivity index (χ2v) is 4.10. The van der Waals surface area contributed by atoms with E-state index in [4.69, 9.17) is 16.7 Å². The maximum Gasteiger partial charge on any atom is 0.313 e. The van der Waals surface area contributed by atoms with Crippen LogP contribution in [0.25, 0.3) is 0 Å². The first-order chi connectivity index (χ1) is 6.99. The van der Waals surface area contributed by atoms with Gasteiger partial charge in [-0.3, -0.25) is 4.79 Å². The van der Waals surface area contributed by atoms with Crippen molar-refractivity contribution >= 4 is 17.6 Å². The van der Waals surface area contributed by atoms with Crippen LogP contribution in [0.4, 0.5) is 0 Å². The summed E-state index contributed by atoms with van der Waals surface area (Å²) >= 11 is 5.96. The molecule has 0 bridgehead atoms. The predicted molar refractivity (Wildman–Crippen MR) is 61.1 cm³/mol. The van der Waals surface area contributed by atoms with Gasteiger partial charge in [0.15, 0.2) is 0 Å². The Hall–Kier alpha value is -1.28. The predicted octanol–water partition coefficient (Wildman–Crippen LogP) is 3.16. The third-order valence-corrected chi connectivity index (χ3v) is 2.82. The topological polar surface area (TPSA) is 37.3 Å². The molecule has 0 heterocycles. The molecule has 0 aliphatic rings. The van der Waals surface area contributed by atoms with Gasteiger partial charge in [0.25, 0.3) is 0 Å². The van der Waals surface area contributed by atoms with Crippen molar-refractivity contribution in [1.29, 1.82) is 0 Å². The number of aliphatic carboxylic acids is 1. The van der Waals surface area contributed by atoms with Gasteiger partial charge in [0.05, 0.1) is 5.41 Å². The normalized spacial score (nSPS) is 14.3. The van der Waals surface area contributed by atoms with E-state index in [0.717, 1.165) is 5.56 Å². The molecule has 80 valence electrons. The van der Waals surface area contributed by atoms with Crippen LogP contribution in [0.1, 0.15) is 12.5 Å². The fraction of sp³-hybridized carbons (Fsp3) is 0.250. The maximum atomic E-state index is 11.1. The van der Waals surface area contributed by atoms with Crippen molar-refractivity contribution in [3.05, 3.63) is 47.5 Å². The summed E-state index contributed by atoms with van der Waals surface area (Å²) in [5.74, 6) is -0.891. The van der Waals surface area contributed by atoms with Crippen LogP contribution >= 0.6 is 11.6 Å². The van der Waals surface area contributed by atoms with Crippen molar-refractivity contribution in [2.24, 2.45) is 5.41 Å². The Bertz CT molecular complexity index is 387. The minimum absolute atomic E-state index is 0.353. The number of hydrogen-bond donors (Lipinski definition) is 1. The van der Waals surface area contributed by atoms with Crippen molar-refractivity contribution in [3.63, 3.8) is 0 Å². The number of hydrogen-bond acceptors (Lipinski definition) is 1. The van der Waals surface area contributed by atoms with Crippen LogP contribution in [0.2, 0.25) is 5.02 Å². The molecule has 0 aliphatic carbocycles. The fourth-order valence-corrected chi connectivity index (χ4v) is 1.48. The maximum absolute atomic E-state index is 11.1. The van der Waals surface area contributed by atoms with Crippen LogP contribution in [0.5, 0.6) is 0 Å². The number of carbonyl (C=O) groups is 1. The monoisotopic (exact) mass is 224 g/mol. The standard InChI is InChI=1S/C12H13ClO2/c1-3-12(2,11(14)15)8-9-6-4-5-7-10(9)13/h3-7H,1,8H2,2H3,(H,14,15). The Morgan fingerprint density at radius 1 is 1.60 bits per heavy atom. The van der Waals surface area contributed by atoms with E-state index in [-0.39, 0.29) is 0 Å². The number of rotatable bonds is 4. The van der Waals surface area contributed by atoms with Gasteiger partial charge in [-0.15, -0.1) is 6.58 Å². The summed E-state index contributed by atoms with van der Waals surface area (Å²) in [6.07, 6.45) is 1.80. The van der Waals surface area contributed by atoms with Gasteiger partial charge < -0.3 is 5.11 Å². The molecule has 0 fully saturated rings. The number of halogens is 1. The lowest BCUT2D eigenvalue weighted by Crippen LogP contribution is -2.27. The molecule has 1 atom stereocenters. The first-order valence-corrected chi connectivity index (χ1v) is 4.98. The second kappa shape index (κ2) is 4.49. The summed E-state index contributed by atoms with van der Waals surface area (Å²) in [5, 5.41) is 9.66. The molecule has 15 heavy (non-hydrogen) atoms. The molecule has 0 radical (unpaired) electrons. The molecular weight excluding hydrogens is 212 g/mol. The van der Waals surface area contributed by atoms with E-state index >= 15 is 0 Å². The van der Waals surface area contributed by atoms with E-state index in [1.165, 1.54) is 6.08 Å². The zero-order chi connectivity index (χ0) is 11.5. The van der Waals surface area contributed by atoms with Gasteiger partial charge in [-0.25, -0.2) is 0 Å². The van der Waals surface area contributed by atoms with E-state index in [9.17, 15) is 4.79 Å². The quantitative estimate of drug-likeness (QED) is 0.798. The molecule has 1 aromatic rings. The molecule has 2 nitrogen and oxygen atoms in total. The molecule has 1 aromatic carbocycles. The molecule has 0 amide bonds. The third-order valence-electron chi connectivity index (χ3n) is 2.45. The van der Waals surface area contributed by atoms with Crippen LogP contribution in [-0.4, -0.2) is 11.1 Å². The highest BCUT2D eigenvalue weighted by Gasteiger charge is 2.30. The molecule has 1 unspecified atom stereocenters. The van der Waals surface area contributed by atoms with Crippen LogP contribution in [0, 0.1) is 5.41 Å². The van der Waals surface area contributed by atoms with Crippen LogP contribution in [0.15, 0.2) is 36.9 Å². The highest BCUT2D eigenvalue weighted by Crippen LogP contribution is 2.27. The zero-order valence-corrected chi connectivity index (χ0v) is 9.29. The van der Waals surface area contributed by atoms with E-state index in [1.54, 1.807) is 13.0 Å². The lowest BCUT2D eigenvalue weighted by atomic mass is 9.84. The number of carboxylic acid groups (broad SMARTS) is 1. The summed E-state index contributed by atoms with van der Waals surface area (Å²) in [7, 11) is 0. The van der Waals surface area contributed by atoms with Crippen LogP contribution in [0.3, 0.4) is 0 Å². The van der Waals surface area contributed by atoms with Crippen molar-refractivity contribution in [1.82, 2.24) is 0 Å². The third kappa shape index (κ3) is 2.60. The molecule has 0 saturated heterocycles. The molecular formula is C12H13ClO2. The first-order valence-electron chi connectivity index (χ1n) is 4.60. The Morgan fingerprint density at radius 2 is 2.20 bits per heavy atom. The summed E-state index contributed by atoms with van der Waals surface area (Å²) in [6, 6.07) is 7.24. The molecule has 0 saturated carbocycles. The molecule has 0 aromatic heterocycles. The average Bonchev–Trinajstić information content (AvgIpc) is 2.21. The van der Waals surface area contributed by atoms with Crippen molar-refractivity contribution in [2.45, 2.75) is 13.3 Å². The minimum Gasteiger partial charge on any atom is -0.481 e. The van der Waals surface area contributed by atoms with Gasteiger partial charge >= 0.3 is 5.97 Å². The van der Waals surface area contributed by atoms with E-state index < -0.39 is 11.4 Å². The fourth-order valence-electron chi connectivity index (χ4n) is 1.27. The molecule has 1 rings (SSSR count). The Labute approximate surface area is 94.2 Å². The Balaban J connectivity index is 2.99. The zero-order valence-electron chi connectivity index (χ0n) is 8.53. The van der Waals surface area contributed by atoms with Gasteiger partial charge in [-0.1, -0.05) is 35.9 Å². The molecule has 1 N–H and O–H groups in total. The second-order valence-electron chi connectivity index (χ2n) is 3.69. The van der Waals surface area contributed by atoms with Crippen molar-refractivity contribution in [3.8, 4) is 0 Å². The summed E-state index contributed by atoms with van der Waals surface area (Å²) in [4.78, 5) is 11.1. The largest absolute Gasteiger partial charge is 0.481 e. The summed E-state index contributed by atoms with van der Waals surface area (Å²) in [5.41, 5.74) is -0.144. The number of benzene rings is 1. The molecule has 3 heteroatoms. The molecule has 0 aliphatic heterocycles. The average molecular weight is 225 g/mol. The lowest BCUT2D eigenvalue weighted by molar-refractivity contribution is -0.145. The number of carboxylic acids is 1. The van der Waals surface area contributed by atoms with E-state index in [0.29, 0.717) is 11.4 Å². The van der Waals surface area contributed by atoms with Crippen LogP contribution in [-0.2, 0) is 11.2 Å². The smallest absolute Gasteiger partial charge is 0.313 e. The van der Waals surface area contributed by atoms with Crippen molar-refractivity contribution < 1.29 is 9.90 Å². The van der Waals surface area contributed by atoms with Crippen molar-refractivity contribution in [2.75, 3.05) is 0 Å². The SMILES string of the molecule is C=CC(C)(Cc1ccccc1Cl)C(=O)O. The van der Waals surface area contributed by atoms with Gasteiger partial charge in [0, 0.05) is 5.02 Å². The van der Waals surface area contributed by atoms with Gasteiger partial charge in [-0.05, 0) is 25.0 Å². The van der Waals surface area contributed by atoms with Gasteiger partial charge in [0.1, 0.15) is 0 Å². The first kappa shape index (κ1) is 11.8. The highest BCUT2D eigenvalue weighted by atomic mass is 35.5. The highest BCUT2D eigenvalue weighted by molar-refractivity contribution is 6.31. The Kier molecular flexibility index (Phi) is 3.53. The lowest BCUT2D eigenvalue weighted by Gasteiger charge is -2.20. The summed E-state index contributed by atoms with van der Waals surface area (Å²) < 4.78 is 0.